The molecule has 4 aromatic heterocycles. The van der Waals surface area contributed by atoms with Gasteiger partial charge in [-0.2, -0.15) is 0 Å². The van der Waals surface area contributed by atoms with E-state index >= 15 is 0 Å². The molecule has 0 atom stereocenters. The standard InChI is InChI=1S/C71H51N5O.Pt/c1-47-42-68(72-45-61(47)50-24-12-7-13-25-50)76-63-32-17-14-26-57(63)59-40-38-53(43-66(59)76)77-54-39-41-64-67(44-54)74-46-73(69-55(48-20-8-5-9-21-48)28-18-29-56(69)49-22-10-6-11-23-49)65-33-19-30-60(70(65)74)58-27-15-16-31-62(58)75(64)52-36-34-51(35-37-52)71(2,3)4;/h5-42,45H,1-4H3;/q-2;/i7D,12D,13D,24D,25D;. The van der Waals surface area contributed by atoms with Gasteiger partial charge < -0.3 is 0 Å². The van der Waals surface area contributed by atoms with Gasteiger partial charge in [-0.3, -0.25) is 0 Å². The number of aryl methyl sites for hydroxylation is 1. The van der Waals surface area contributed by atoms with Crippen LogP contribution in [0.15, 0.2) is 237 Å². The number of nitrogens with zero attached hydrogens (tertiary/aromatic N) is 5. The van der Waals surface area contributed by atoms with Crippen LogP contribution in [-0.4, -0.2) is 23.1 Å². The maximum absolute atomic E-state index is 8.72. The number of imidazole rings is 1. The van der Waals surface area contributed by atoms with Gasteiger partial charge in [0.25, 0.3) is 0 Å². The number of hydrogen-bond acceptors (Lipinski definition) is 2. The van der Waals surface area contributed by atoms with Crippen molar-refractivity contribution in [2.24, 2.45) is 0 Å². The summed E-state index contributed by atoms with van der Waals surface area (Å²) in [4.78, 5) is 4.93. The molecular formula is C71H51N5OPt-2. The van der Waals surface area contributed by atoms with E-state index in [9.17, 15) is 0 Å². The second-order valence-corrected chi connectivity index (χ2v) is 21.6. The Labute approximate surface area is 470 Å². The molecule has 0 amide bonds. The summed E-state index contributed by atoms with van der Waals surface area (Å²) in [7, 11) is 0. The minimum absolute atomic E-state index is 0.0509. The predicted octanol–water partition coefficient (Wildman–Crippen LogP) is 18.1. The molecule has 0 aliphatic carbocycles. The zero-order valence-corrected chi connectivity index (χ0v) is 45.4. The van der Waals surface area contributed by atoms with Crippen LogP contribution in [0.25, 0.3) is 111 Å². The van der Waals surface area contributed by atoms with E-state index in [0.717, 1.165) is 97.6 Å². The Hall–Kier alpha value is -9.09. The van der Waals surface area contributed by atoms with E-state index in [1.54, 1.807) is 6.20 Å². The number of pyridine rings is 1. The molecule has 0 saturated carbocycles. The Bertz CT molecular complexity index is 4990. The SMILES string of the molecule is [2H]c1c([2H])c([2H])c(-c2cnc(-n3c4[c-]c(Oc5[c-]c6c(cc5)n(-c5ccc(C(C)(C)C)cc5)c5ccccc5c5cccc7c5n6[c](=[Pt])n7-c5c(-c6ccccc6)cccc5-c5ccccc5)ccc4c4ccccc43)cc2C)c([2H])c1[2H]. The van der Waals surface area contributed by atoms with Crippen LogP contribution in [0.2, 0.25) is 0 Å². The number of rotatable bonds is 8. The van der Waals surface area contributed by atoms with Crippen LogP contribution in [0.1, 0.15) is 38.8 Å². The summed E-state index contributed by atoms with van der Waals surface area (Å²) in [5, 5.41) is 4.07. The van der Waals surface area contributed by atoms with Gasteiger partial charge >= 0.3 is 394 Å². The Balaban J connectivity index is 1.03. The minimum Gasteiger partial charge on any atom is -0.0616 e. The maximum atomic E-state index is 8.72. The van der Waals surface area contributed by atoms with Gasteiger partial charge in [0.05, 0.1) is 6.85 Å². The molecule has 0 bridgehead atoms. The molecule has 78 heavy (non-hydrogen) atoms. The monoisotopic (exact) mass is 1190 g/mol. The summed E-state index contributed by atoms with van der Waals surface area (Å²) in [6.45, 7) is 8.59. The van der Waals surface area contributed by atoms with Crippen molar-refractivity contribution in [1.29, 1.82) is 0 Å². The van der Waals surface area contributed by atoms with Gasteiger partial charge in [-0.25, -0.2) is 0 Å². The fraction of sp³-hybridized carbons (Fsp3) is 0.0704. The Kier molecular flexibility index (Phi) is 10.2. The van der Waals surface area contributed by atoms with Crippen LogP contribution in [0.3, 0.4) is 0 Å². The fourth-order valence-electron chi connectivity index (χ4n) is 11.2. The molecule has 0 fully saturated rings. The summed E-state index contributed by atoms with van der Waals surface area (Å²) >= 11 is 2.52. The van der Waals surface area contributed by atoms with Crippen molar-refractivity contribution in [3.63, 3.8) is 0 Å². The van der Waals surface area contributed by atoms with Crippen LogP contribution in [0.4, 0.5) is 0 Å². The molecule has 0 N–H and O–H groups in total. The van der Waals surface area contributed by atoms with Crippen LogP contribution in [0, 0.1) is 22.9 Å². The predicted molar refractivity (Wildman–Crippen MR) is 317 cm³/mol. The molecule has 6 nitrogen and oxygen atoms in total. The summed E-state index contributed by atoms with van der Waals surface area (Å²) in [5.41, 5.74) is 15.2. The van der Waals surface area contributed by atoms with Gasteiger partial charge in [0, 0.05) is 11.8 Å². The topological polar surface area (TPSA) is 41.3 Å². The number of benzene rings is 10. The van der Waals surface area contributed by atoms with Crippen molar-refractivity contribution in [3.05, 3.63) is 264 Å². The first-order valence-electron chi connectivity index (χ1n) is 28.5. The number of para-hydroxylation sites is 4. The van der Waals surface area contributed by atoms with Crippen LogP contribution < -0.4 is 4.74 Å². The van der Waals surface area contributed by atoms with E-state index < -0.39 is 18.1 Å². The van der Waals surface area contributed by atoms with Gasteiger partial charge in [0.1, 0.15) is 0 Å². The van der Waals surface area contributed by atoms with Gasteiger partial charge in [-0.05, 0) is 18.1 Å². The molecular weight excluding hydrogens is 1130 g/mol. The number of hydrogen-bond donors (Lipinski definition) is 0. The normalized spacial score (nSPS) is 12.8. The van der Waals surface area contributed by atoms with Crippen molar-refractivity contribution in [3.8, 4) is 62.1 Å². The molecule has 0 aliphatic heterocycles. The van der Waals surface area contributed by atoms with E-state index in [-0.39, 0.29) is 23.1 Å². The Morgan fingerprint density at radius 2 is 1.08 bits per heavy atom. The third-order valence-corrected chi connectivity index (χ3v) is 15.9. The third-order valence-electron chi connectivity index (χ3n) is 14.9. The zero-order chi connectivity index (χ0) is 57.0. The van der Waals surface area contributed by atoms with Gasteiger partial charge in [0.2, 0.25) is 0 Å². The number of aromatic nitrogens is 5. The van der Waals surface area contributed by atoms with Gasteiger partial charge in [-0.15, -0.1) is 0 Å². The second kappa shape index (κ2) is 18.9. The first-order valence-corrected chi connectivity index (χ1v) is 27.1. The molecule has 7 heteroatoms. The molecule has 10 aromatic carbocycles. The summed E-state index contributed by atoms with van der Waals surface area (Å²) in [6.07, 6.45) is 1.59. The number of ether oxygens (including phenoxy) is 1. The van der Waals surface area contributed by atoms with E-state index in [4.69, 9.17) is 16.6 Å². The summed E-state index contributed by atoms with van der Waals surface area (Å²) < 4.78 is 59.5. The first-order chi connectivity index (χ1) is 40.2. The average molecular weight is 1190 g/mol. The van der Waals surface area contributed by atoms with Gasteiger partial charge in [0.15, 0.2) is 0 Å². The average Bonchev–Trinajstić information content (AvgIpc) is 3.12. The number of fused-ring (bicyclic) bond motifs is 7. The molecule has 0 radical (unpaired) electrons. The quantitative estimate of drug-likeness (QED) is 0.142. The van der Waals surface area contributed by atoms with Crippen LogP contribution in [0.5, 0.6) is 11.5 Å². The Morgan fingerprint density at radius 1 is 0.500 bits per heavy atom. The third kappa shape index (κ3) is 7.89. The molecule has 0 unspecified atom stereocenters. The molecule has 14 rings (SSSR count). The molecule has 4 heterocycles. The van der Waals surface area contributed by atoms with E-state index in [0.29, 0.717) is 28.4 Å². The van der Waals surface area contributed by atoms with Crippen molar-refractivity contribution in [1.82, 2.24) is 23.1 Å². The van der Waals surface area contributed by atoms with Crippen molar-refractivity contribution >= 4 is 60.2 Å². The van der Waals surface area contributed by atoms with Crippen molar-refractivity contribution in [2.75, 3.05) is 0 Å². The molecule has 14 aromatic rings. The van der Waals surface area contributed by atoms with Crippen LogP contribution >= 0.6 is 0 Å². The van der Waals surface area contributed by atoms with Crippen molar-refractivity contribution < 1.29 is 30.9 Å². The van der Waals surface area contributed by atoms with E-state index in [2.05, 4.69) is 224 Å². The molecule has 0 saturated heterocycles. The van der Waals surface area contributed by atoms with Crippen molar-refractivity contribution in [2.45, 2.75) is 33.1 Å². The van der Waals surface area contributed by atoms with E-state index in [1.807, 2.05) is 54.0 Å². The zero-order valence-electron chi connectivity index (χ0n) is 48.1. The smallest absolute Gasteiger partial charge is 0.0616 e. The molecule has 0 aliphatic rings. The molecule has 378 valence electrons. The first kappa shape index (κ1) is 42.1. The summed E-state index contributed by atoms with van der Waals surface area (Å²) in [5.74, 6) is 1.51. The van der Waals surface area contributed by atoms with E-state index in [1.165, 1.54) is 5.56 Å². The fourth-order valence-corrected chi connectivity index (χ4v) is 12.2. The summed E-state index contributed by atoms with van der Waals surface area (Å²) in [6, 6.07) is 75.9. The molecule has 0 spiro atoms. The second-order valence-electron chi connectivity index (χ2n) is 20.6. The Morgan fingerprint density at radius 3 is 1.74 bits per heavy atom. The van der Waals surface area contributed by atoms with Crippen LogP contribution in [-0.2, 0) is 24.8 Å². The van der Waals surface area contributed by atoms with Gasteiger partial charge in [-0.1, -0.05) is 42.3 Å². The minimum atomic E-state index is -0.438.